The van der Waals surface area contributed by atoms with E-state index in [9.17, 15) is 10.2 Å². The summed E-state index contributed by atoms with van der Waals surface area (Å²) in [6, 6.07) is 0. The summed E-state index contributed by atoms with van der Waals surface area (Å²) in [5.74, 6) is 0. The Kier molecular flexibility index (Phi) is 15.3. The van der Waals surface area contributed by atoms with Crippen LogP contribution in [0, 0.1) is 0 Å². The van der Waals surface area contributed by atoms with E-state index < -0.39 is 0 Å². The van der Waals surface area contributed by atoms with E-state index in [4.69, 9.17) is 0 Å². The molecule has 20 heavy (non-hydrogen) atoms. The molecule has 2 N–H and O–H groups in total. The summed E-state index contributed by atoms with van der Waals surface area (Å²) in [5.41, 5.74) is 0. The van der Waals surface area contributed by atoms with Crippen LogP contribution >= 0.6 is 0 Å². The van der Waals surface area contributed by atoms with Crippen molar-refractivity contribution in [3.8, 4) is 0 Å². The molecule has 0 aromatic heterocycles. The van der Waals surface area contributed by atoms with E-state index in [0.29, 0.717) is 0 Å². The van der Waals surface area contributed by atoms with Crippen molar-refractivity contribution in [3.05, 3.63) is 0 Å². The zero-order valence-electron chi connectivity index (χ0n) is 13.9. The highest BCUT2D eigenvalue weighted by molar-refractivity contribution is 4.58. The van der Waals surface area contributed by atoms with Crippen molar-refractivity contribution in [1.29, 1.82) is 0 Å². The molecular weight excluding hydrogens is 248 g/mol. The van der Waals surface area contributed by atoms with Gasteiger partial charge in [0.25, 0.3) is 0 Å². The number of aliphatic hydroxyl groups excluding tert-OH is 2. The molecule has 0 bridgehead atoms. The molecule has 0 rings (SSSR count). The molecule has 0 aliphatic rings. The molecule has 0 heterocycles. The zero-order chi connectivity index (χ0) is 15.1. The Morgan fingerprint density at radius 1 is 0.500 bits per heavy atom. The average molecular weight is 286 g/mol. The SMILES string of the molecule is CCCCCC(O)CCCCCCCC(O)CCCC. The minimum Gasteiger partial charge on any atom is -0.393 e. The van der Waals surface area contributed by atoms with Gasteiger partial charge in [-0.15, -0.1) is 0 Å². The molecule has 0 fully saturated rings. The molecule has 2 unspecified atom stereocenters. The lowest BCUT2D eigenvalue weighted by Gasteiger charge is -2.11. The smallest absolute Gasteiger partial charge is 0.0540 e. The molecule has 0 aliphatic carbocycles. The van der Waals surface area contributed by atoms with Gasteiger partial charge in [-0.3, -0.25) is 0 Å². The lowest BCUT2D eigenvalue weighted by Crippen LogP contribution is -2.06. The van der Waals surface area contributed by atoms with Gasteiger partial charge < -0.3 is 10.2 Å². The number of hydrogen-bond donors (Lipinski definition) is 2. The minimum atomic E-state index is -0.0738. The lowest BCUT2D eigenvalue weighted by atomic mass is 10.0. The van der Waals surface area contributed by atoms with Crippen molar-refractivity contribution < 1.29 is 10.2 Å². The molecule has 2 nitrogen and oxygen atoms in total. The van der Waals surface area contributed by atoms with E-state index in [1.165, 1.54) is 44.9 Å². The first-order chi connectivity index (χ1) is 9.70. The molecule has 0 radical (unpaired) electrons. The van der Waals surface area contributed by atoms with Crippen molar-refractivity contribution in [1.82, 2.24) is 0 Å². The van der Waals surface area contributed by atoms with Crippen molar-refractivity contribution in [3.63, 3.8) is 0 Å². The largest absolute Gasteiger partial charge is 0.393 e. The van der Waals surface area contributed by atoms with Crippen LogP contribution in [0.15, 0.2) is 0 Å². The summed E-state index contributed by atoms with van der Waals surface area (Å²) < 4.78 is 0. The third-order valence-electron chi connectivity index (χ3n) is 4.11. The number of aliphatic hydroxyl groups is 2. The molecule has 2 heteroatoms. The topological polar surface area (TPSA) is 40.5 Å². The van der Waals surface area contributed by atoms with Crippen molar-refractivity contribution >= 4 is 0 Å². The molecule has 0 saturated carbocycles. The predicted octanol–water partition coefficient (Wildman–Crippen LogP) is 5.21. The van der Waals surface area contributed by atoms with Gasteiger partial charge in [-0.2, -0.15) is 0 Å². The maximum atomic E-state index is 9.80. The highest BCUT2D eigenvalue weighted by atomic mass is 16.3. The van der Waals surface area contributed by atoms with E-state index in [2.05, 4.69) is 13.8 Å². The maximum Gasteiger partial charge on any atom is 0.0540 e. The first-order valence-corrected chi connectivity index (χ1v) is 9.06. The third kappa shape index (κ3) is 14.3. The van der Waals surface area contributed by atoms with Gasteiger partial charge in [-0.25, -0.2) is 0 Å². The van der Waals surface area contributed by atoms with Crippen molar-refractivity contribution in [2.24, 2.45) is 0 Å². The van der Waals surface area contributed by atoms with E-state index in [1.807, 2.05) is 0 Å². The van der Waals surface area contributed by atoms with Gasteiger partial charge >= 0.3 is 0 Å². The second kappa shape index (κ2) is 15.3. The van der Waals surface area contributed by atoms with Crippen LogP contribution in [-0.4, -0.2) is 22.4 Å². The summed E-state index contributed by atoms with van der Waals surface area (Å²) in [5, 5.41) is 19.5. The summed E-state index contributed by atoms with van der Waals surface area (Å²) in [6.07, 6.45) is 15.8. The fraction of sp³-hybridized carbons (Fsp3) is 1.00. The Bertz CT molecular complexity index is 182. The second-order valence-corrected chi connectivity index (χ2v) is 6.29. The Balaban J connectivity index is 3.19. The molecule has 0 aromatic carbocycles. The molecule has 0 saturated heterocycles. The van der Waals surface area contributed by atoms with Gasteiger partial charge in [-0.05, 0) is 25.7 Å². The summed E-state index contributed by atoms with van der Waals surface area (Å²) in [7, 11) is 0. The maximum absolute atomic E-state index is 9.80. The van der Waals surface area contributed by atoms with Gasteiger partial charge in [0.15, 0.2) is 0 Å². The van der Waals surface area contributed by atoms with Gasteiger partial charge in [0, 0.05) is 0 Å². The van der Waals surface area contributed by atoms with Gasteiger partial charge in [0.1, 0.15) is 0 Å². The molecule has 0 amide bonds. The van der Waals surface area contributed by atoms with Crippen LogP contribution in [0.2, 0.25) is 0 Å². The zero-order valence-corrected chi connectivity index (χ0v) is 13.9. The fourth-order valence-corrected chi connectivity index (χ4v) is 2.65. The Hall–Kier alpha value is -0.0800. The molecule has 122 valence electrons. The molecule has 0 spiro atoms. The van der Waals surface area contributed by atoms with Crippen molar-refractivity contribution in [2.75, 3.05) is 0 Å². The Morgan fingerprint density at radius 2 is 0.850 bits per heavy atom. The summed E-state index contributed by atoms with van der Waals surface area (Å²) in [6.45, 7) is 4.37. The molecule has 2 atom stereocenters. The van der Waals surface area contributed by atoms with Gasteiger partial charge in [0.2, 0.25) is 0 Å². The Morgan fingerprint density at radius 3 is 1.30 bits per heavy atom. The number of rotatable bonds is 15. The standard InChI is InChI=1S/C18H38O2/c1-3-5-10-14-18(20)16-12-9-7-8-11-15-17(19)13-6-4-2/h17-20H,3-16H2,1-2H3. The van der Waals surface area contributed by atoms with Crippen LogP contribution in [-0.2, 0) is 0 Å². The van der Waals surface area contributed by atoms with E-state index in [1.54, 1.807) is 0 Å². The summed E-state index contributed by atoms with van der Waals surface area (Å²) >= 11 is 0. The molecule has 0 aliphatic heterocycles. The third-order valence-corrected chi connectivity index (χ3v) is 4.11. The second-order valence-electron chi connectivity index (χ2n) is 6.29. The van der Waals surface area contributed by atoms with E-state index >= 15 is 0 Å². The quantitative estimate of drug-likeness (QED) is 0.406. The number of hydrogen-bond acceptors (Lipinski definition) is 2. The monoisotopic (exact) mass is 286 g/mol. The lowest BCUT2D eigenvalue weighted by molar-refractivity contribution is 0.145. The van der Waals surface area contributed by atoms with Crippen LogP contribution in [0.25, 0.3) is 0 Å². The van der Waals surface area contributed by atoms with E-state index in [-0.39, 0.29) is 12.2 Å². The molecule has 0 aromatic rings. The first kappa shape index (κ1) is 19.9. The fourth-order valence-electron chi connectivity index (χ4n) is 2.65. The van der Waals surface area contributed by atoms with Crippen LogP contribution in [0.5, 0.6) is 0 Å². The van der Waals surface area contributed by atoms with Crippen LogP contribution in [0.1, 0.15) is 104 Å². The van der Waals surface area contributed by atoms with Gasteiger partial charge in [0.05, 0.1) is 12.2 Å². The van der Waals surface area contributed by atoms with Crippen molar-refractivity contribution in [2.45, 2.75) is 116 Å². The normalized spacial score (nSPS) is 14.4. The minimum absolute atomic E-state index is 0.0718. The highest BCUT2D eigenvalue weighted by Crippen LogP contribution is 2.14. The first-order valence-electron chi connectivity index (χ1n) is 9.06. The average Bonchev–Trinajstić information content (AvgIpc) is 2.44. The van der Waals surface area contributed by atoms with Crippen LogP contribution in [0.4, 0.5) is 0 Å². The van der Waals surface area contributed by atoms with Crippen LogP contribution in [0.3, 0.4) is 0 Å². The van der Waals surface area contributed by atoms with Crippen LogP contribution < -0.4 is 0 Å². The van der Waals surface area contributed by atoms with Gasteiger partial charge in [-0.1, -0.05) is 78.1 Å². The highest BCUT2D eigenvalue weighted by Gasteiger charge is 2.04. The Labute approximate surface area is 127 Å². The number of unbranched alkanes of at least 4 members (excludes halogenated alkanes) is 7. The van der Waals surface area contributed by atoms with E-state index in [0.717, 1.165) is 44.9 Å². The summed E-state index contributed by atoms with van der Waals surface area (Å²) in [4.78, 5) is 0. The molecular formula is C18H38O2. The predicted molar refractivity (Wildman–Crippen MR) is 88.0 cm³/mol.